The second-order valence-electron chi connectivity index (χ2n) is 7.42. The van der Waals surface area contributed by atoms with Gasteiger partial charge in [-0.25, -0.2) is 4.98 Å². The first-order chi connectivity index (χ1) is 15.4. The smallest absolute Gasteiger partial charge is 0.320 e. The number of rotatable bonds is 7. The molecule has 0 spiro atoms. The van der Waals surface area contributed by atoms with Crippen LogP contribution in [-0.2, 0) is 18.9 Å². The summed E-state index contributed by atoms with van der Waals surface area (Å²) in [5.41, 5.74) is 0. The molecule has 1 aliphatic rings. The van der Waals surface area contributed by atoms with E-state index in [2.05, 4.69) is 10.3 Å². The number of pyridine rings is 1. The van der Waals surface area contributed by atoms with Crippen molar-refractivity contribution >= 4 is 58.6 Å². The first-order valence-electron chi connectivity index (χ1n) is 9.86. The predicted molar refractivity (Wildman–Crippen MR) is 126 cm³/mol. The molecule has 1 aliphatic carbocycles. The van der Waals surface area contributed by atoms with Crippen LogP contribution < -0.4 is 15.9 Å². The third kappa shape index (κ3) is 4.18. The van der Waals surface area contributed by atoms with Gasteiger partial charge in [-0.05, 0) is 18.9 Å². The van der Waals surface area contributed by atoms with E-state index in [0.29, 0.717) is 28.5 Å². The summed E-state index contributed by atoms with van der Waals surface area (Å²) in [4.78, 5) is 29.4. The van der Waals surface area contributed by atoms with Crippen molar-refractivity contribution in [3.63, 3.8) is 0 Å². The number of hydrogen-bond acceptors (Lipinski definition) is 5. The number of nitrogens with zero attached hydrogens (tertiary/aromatic N) is 1. The van der Waals surface area contributed by atoms with Crippen molar-refractivity contribution in [2.45, 2.75) is 18.0 Å². The van der Waals surface area contributed by atoms with Crippen molar-refractivity contribution in [1.82, 2.24) is 4.98 Å². The minimum Gasteiger partial charge on any atom is -0.455 e. The van der Waals surface area contributed by atoms with Crippen LogP contribution in [-0.4, -0.2) is 28.6 Å². The maximum atomic E-state index is 14.5. The zero-order valence-corrected chi connectivity index (χ0v) is 19.2. The lowest BCUT2D eigenvalue weighted by Crippen LogP contribution is -2.36. The molecule has 9 heteroatoms. The Balaban J connectivity index is 1.54. The Morgan fingerprint density at radius 2 is 1.56 bits per heavy atom. The summed E-state index contributed by atoms with van der Waals surface area (Å²) >= 11 is 11.8. The Kier molecular flexibility index (Phi) is 6.38. The summed E-state index contributed by atoms with van der Waals surface area (Å²) in [5, 5.41) is 2.95. The third-order valence-corrected chi connectivity index (χ3v) is 9.73. The highest BCUT2D eigenvalue weighted by atomic mass is 35.5. The van der Waals surface area contributed by atoms with Gasteiger partial charge >= 0.3 is 5.97 Å². The molecule has 3 aromatic rings. The highest BCUT2D eigenvalue weighted by molar-refractivity contribution is 7.81. The molecule has 0 radical (unpaired) electrons. The Morgan fingerprint density at radius 3 is 2.06 bits per heavy atom. The van der Waals surface area contributed by atoms with E-state index >= 15 is 0 Å². The minimum absolute atomic E-state index is 0.109. The Labute approximate surface area is 195 Å². The summed E-state index contributed by atoms with van der Waals surface area (Å²) in [6.45, 7) is -0.551. The van der Waals surface area contributed by atoms with E-state index in [1.807, 2.05) is 12.1 Å². The number of esters is 1. The van der Waals surface area contributed by atoms with Gasteiger partial charge in [0.2, 0.25) is 0 Å². The summed E-state index contributed by atoms with van der Waals surface area (Å²) < 4.78 is 19.8. The highest BCUT2D eigenvalue weighted by Gasteiger charge is 2.65. The summed E-state index contributed by atoms with van der Waals surface area (Å²) in [7, 11) is -3.37. The zero-order valence-electron chi connectivity index (χ0n) is 16.8. The first-order valence-corrected chi connectivity index (χ1v) is 12.3. The normalized spacial score (nSPS) is 14.4. The number of aromatic nitrogens is 1. The van der Waals surface area contributed by atoms with Crippen LogP contribution in [0.5, 0.6) is 0 Å². The molecule has 164 valence electrons. The van der Waals surface area contributed by atoms with Crippen molar-refractivity contribution in [1.29, 1.82) is 0 Å². The third-order valence-electron chi connectivity index (χ3n) is 5.35. The van der Waals surface area contributed by atoms with E-state index in [-0.39, 0.29) is 10.8 Å². The average molecular weight is 489 g/mol. The maximum absolute atomic E-state index is 14.5. The summed E-state index contributed by atoms with van der Waals surface area (Å²) in [6.07, 6.45) is 2.17. The van der Waals surface area contributed by atoms with Crippen LogP contribution in [0.25, 0.3) is 0 Å². The molecular weight excluding hydrogens is 470 g/mol. The molecular formula is C23H19Cl2N2O4P. The maximum Gasteiger partial charge on any atom is 0.320 e. The summed E-state index contributed by atoms with van der Waals surface area (Å²) in [6, 6.07) is 19.3. The second-order valence-corrected chi connectivity index (χ2v) is 11.4. The number of carbonyl (C=O) groups is 2. The van der Waals surface area contributed by atoms with E-state index < -0.39 is 30.8 Å². The Morgan fingerprint density at radius 1 is 1.00 bits per heavy atom. The van der Waals surface area contributed by atoms with Crippen molar-refractivity contribution in [2.24, 2.45) is 0 Å². The van der Waals surface area contributed by atoms with Crippen molar-refractivity contribution in [2.75, 3.05) is 11.9 Å². The van der Waals surface area contributed by atoms with Gasteiger partial charge in [-0.15, -0.1) is 0 Å². The second kappa shape index (κ2) is 9.07. The minimum atomic E-state index is -3.37. The lowest BCUT2D eigenvalue weighted by molar-refractivity contribution is -0.147. The fourth-order valence-electron chi connectivity index (χ4n) is 3.63. The molecule has 0 unspecified atom stereocenters. The van der Waals surface area contributed by atoms with Crippen LogP contribution in [0.4, 0.5) is 5.82 Å². The first kappa shape index (κ1) is 22.5. The molecule has 1 saturated carbocycles. The van der Waals surface area contributed by atoms with Gasteiger partial charge in [0.25, 0.3) is 5.91 Å². The number of amides is 1. The van der Waals surface area contributed by atoms with Gasteiger partial charge in [0.15, 0.2) is 19.6 Å². The van der Waals surface area contributed by atoms with Gasteiger partial charge in [0, 0.05) is 16.8 Å². The molecule has 1 aromatic heterocycles. The fraction of sp³-hybridized carbons (Fsp3) is 0.174. The number of halogens is 2. The van der Waals surface area contributed by atoms with Gasteiger partial charge in [0.1, 0.15) is 5.16 Å². The van der Waals surface area contributed by atoms with E-state index in [1.54, 1.807) is 48.5 Å². The number of hydrogen-bond donors (Lipinski definition) is 1. The molecule has 0 saturated heterocycles. The van der Waals surface area contributed by atoms with E-state index in [0.717, 1.165) is 0 Å². The van der Waals surface area contributed by atoms with Gasteiger partial charge in [-0.3, -0.25) is 9.59 Å². The van der Waals surface area contributed by atoms with Crippen molar-refractivity contribution in [3.8, 4) is 0 Å². The molecule has 1 N–H and O–H groups in total. The lowest BCUT2D eigenvalue weighted by atomic mass is 10.4. The van der Waals surface area contributed by atoms with Crippen molar-refractivity contribution < 1.29 is 18.9 Å². The fourth-order valence-corrected chi connectivity index (χ4v) is 7.59. The number of nitrogens with one attached hydrogen (secondary N) is 1. The monoisotopic (exact) mass is 488 g/mol. The molecule has 1 fully saturated rings. The van der Waals surface area contributed by atoms with E-state index in [4.69, 9.17) is 27.9 Å². The van der Waals surface area contributed by atoms with Crippen LogP contribution in [0.2, 0.25) is 10.0 Å². The Hall–Kier alpha value is -2.66. The number of benzene rings is 2. The van der Waals surface area contributed by atoms with Gasteiger partial charge < -0.3 is 14.6 Å². The molecule has 4 rings (SSSR count). The van der Waals surface area contributed by atoms with Crippen LogP contribution in [0.3, 0.4) is 0 Å². The van der Waals surface area contributed by atoms with Crippen LogP contribution in [0, 0.1) is 0 Å². The number of carbonyl (C=O) groups excluding carboxylic acids is 2. The topological polar surface area (TPSA) is 85.4 Å². The largest absolute Gasteiger partial charge is 0.455 e. The Bertz CT molecular complexity index is 1160. The molecule has 1 heterocycles. The molecule has 0 bridgehead atoms. The van der Waals surface area contributed by atoms with Gasteiger partial charge in [-0.2, -0.15) is 0 Å². The van der Waals surface area contributed by atoms with Crippen LogP contribution in [0.15, 0.2) is 72.9 Å². The molecule has 32 heavy (non-hydrogen) atoms. The predicted octanol–water partition coefficient (Wildman–Crippen LogP) is 4.42. The van der Waals surface area contributed by atoms with Gasteiger partial charge in [0.05, 0.1) is 10.0 Å². The quantitative estimate of drug-likeness (QED) is 0.393. The van der Waals surface area contributed by atoms with Crippen LogP contribution in [0.1, 0.15) is 12.8 Å². The van der Waals surface area contributed by atoms with Crippen LogP contribution >= 0.6 is 30.3 Å². The standard InChI is InChI=1S/C23H19Cl2N2O4P/c24-16-13-19(25)21(26-14-16)27-20(28)15-31-22(29)23(11-12-23)32(30,17-7-3-1-4-8-17)18-9-5-2-6-10-18/h1-10,13-14H,11-12,15H2,(H,26,27,28). The molecule has 0 aliphatic heterocycles. The van der Waals surface area contributed by atoms with E-state index in [1.165, 1.54) is 12.3 Å². The highest BCUT2D eigenvalue weighted by Crippen LogP contribution is 2.68. The molecule has 1 amide bonds. The van der Waals surface area contributed by atoms with E-state index in [9.17, 15) is 14.2 Å². The molecule has 2 aromatic carbocycles. The number of anilines is 1. The molecule has 6 nitrogen and oxygen atoms in total. The SMILES string of the molecule is O=C(COC(=O)C1(P(=O)(c2ccccc2)c2ccccc2)CC1)Nc1ncc(Cl)cc1Cl. The lowest BCUT2D eigenvalue weighted by Gasteiger charge is -2.27. The summed E-state index contributed by atoms with van der Waals surface area (Å²) in [5.74, 6) is -1.16. The zero-order chi connectivity index (χ0) is 22.8. The molecule has 0 atom stereocenters. The number of ether oxygens (including phenoxy) is 1. The van der Waals surface area contributed by atoms with Crippen molar-refractivity contribution in [3.05, 3.63) is 83.0 Å². The average Bonchev–Trinajstić information content (AvgIpc) is 3.62. The van der Waals surface area contributed by atoms with Gasteiger partial charge in [-0.1, -0.05) is 83.9 Å².